The van der Waals surface area contributed by atoms with Gasteiger partial charge in [-0.1, -0.05) is 35.9 Å². The molecule has 3 amide bonds. The molecular weight excluding hydrogens is 685 g/mol. The Labute approximate surface area is 258 Å². The summed E-state index contributed by atoms with van der Waals surface area (Å²) in [5, 5.41) is 14.1. The lowest BCUT2D eigenvalue weighted by molar-refractivity contribution is -0.385. The van der Waals surface area contributed by atoms with E-state index in [1.165, 1.54) is 18.2 Å². The third kappa shape index (κ3) is 7.37. The second-order valence-corrected chi connectivity index (χ2v) is 11.3. The van der Waals surface area contributed by atoms with Gasteiger partial charge in [-0.15, -0.1) is 0 Å². The number of aryl methyl sites for hydroxylation is 1. The Morgan fingerprint density at radius 2 is 1.93 bits per heavy atom. The second kappa shape index (κ2) is 13.4. The number of anilines is 1. The van der Waals surface area contributed by atoms with Crippen LogP contribution in [0.25, 0.3) is 6.08 Å². The van der Waals surface area contributed by atoms with Crippen LogP contribution in [0, 0.1) is 20.6 Å². The minimum atomic E-state index is -0.556. The zero-order valence-corrected chi connectivity index (χ0v) is 25.5. The van der Waals surface area contributed by atoms with Crippen molar-refractivity contribution < 1.29 is 28.8 Å². The molecule has 1 saturated heterocycles. The van der Waals surface area contributed by atoms with Gasteiger partial charge < -0.3 is 14.8 Å². The van der Waals surface area contributed by atoms with Gasteiger partial charge in [0.1, 0.15) is 0 Å². The van der Waals surface area contributed by atoms with Crippen molar-refractivity contribution in [2.75, 3.05) is 18.5 Å². The van der Waals surface area contributed by atoms with Gasteiger partial charge in [-0.3, -0.25) is 29.4 Å². The standard InChI is InChI=1S/C28H23ClIN3O7S/c1-3-39-23-11-17(10-21(30)26(23)40-15-25(34)31-19-9-8-16(2)20(29)13-19)12-24-27(35)32(28(36)41-24)14-18-6-4-5-7-22(18)33(37)38/h4-13H,3,14-15H2,1-2H3,(H,31,34)/b24-12-. The number of amides is 3. The average Bonchev–Trinajstić information content (AvgIpc) is 3.18. The van der Waals surface area contributed by atoms with E-state index in [-0.39, 0.29) is 35.2 Å². The van der Waals surface area contributed by atoms with Crippen molar-refractivity contribution in [2.24, 2.45) is 0 Å². The first-order chi connectivity index (χ1) is 19.6. The first kappa shape index (κ1) is 30.3. The van der Waals surface area contributed by atoms with Crippen LogP contribution in [0.4, 0.5) is 16.2 Å². The minimum absolute atomic E-state index is 0.164. The Hall–Kier alpha value is -3.62. The number of rotatable bonds is 10. The number of thioether (sulfide) groups is 1. The predicted molar refractivity (Wildman–Crippen MR) is 165 cm³/mol. The van der Waals surface area contributed by atoms with Gasteiger partial charge in [0.05, 0.1) is 26.6 Å². The molecule has 0 bridgehead atoms. The second-order valence-electron chi connectivity index (χ2n) is 8.72. The molecule has 0 unspecified atom stereocenters. The van der Waals surface area contributed by atoms with Crippen molar-refractivity contribution >= 4 is 80.5 Å². The summed E-state index contributed by atoms with van der Waals surface area (Å²) in [6, 6.07) is 14.5. The first-order valence-electron chi connectivity index (χ1n) is 12.2. The first-order valence-corrected chi connectivity index (χ1v) is 14.5. The van der Waals surface area contributed by atoms with E-state index in [1.807, 2.05) is 29.5 Å². The Morgan fingerprint density at radius 1 is 1.17 bits per heavy atom. The van der Waals surface area contributed by atoms with Crippen molar-refractivity contribution in [3.05, 3.63) is 94.9 Å². The fourth-order valence-electron chi connectivity index (χ4n) is 3.86. The Balaban J connectivity index is 1.50. The van der Waals surface area contributed by atoms with E-state index in [2.05, 4.69) is 5.32 Å². The summed E-state index contributed by atoms with van der Waals surface area (Å²) in [5.74, 6) is -0.235. The molecule has 1 aliphatic heterocycles. The highest BCUT2D eigenvalue weighted by Gasteiger charge is 2.36. The zero-order valence-electron chi connectivity index (χ0n) is 21.8. The molecule has 0 aliphatic carbocycles. The minimum Gasteiger partial charge on any atom is -0.490 e. The van der Waals surface area contributed by atoms with E-state index >= 15 is 0 Å². The van der Waals surface area contributed by atoms with Gasteiger partial charge in [-0.25, -0.2) is 0 Å². The maximum Gasteiger partial charge on any atom is 0.293 e. The quantitative estimate of drug-likeness (QED) is 0.105. The number of para-hydroxylation sites is 1. The number of nitrogens with zero attached hydrogens (tertiary/aromatic N) is 2. The van der Waals surface area contributed by atoms with E-state index in [1.54, 1.807) is 49.4 Å². The Morgan fingerprint density at radius 3 is 2.63 bits per heavy atom. The van der Waals surface area contributed by atoms with Gasteiger partial charge in [0, 0.05) is 22.3 Å². The van der Waals surface area contributed by atoms with Gasteiger partial charge in [0.25, 0.3) is 22.7 Å². The number of nitro benzene ring substituents is 1. The molecule has 0 radical (unpaired) electrons. The largest absolute Gasteiger partial charge is 0.490 e. The summed E-state index contributed by atoms with van der Waals surface area (Å²) in [6.07, 6.45) is 1.55. The van der Waals surface area contributed by atoms with Crippen molar-refractivity contribution in [3.8, 4) is 11.5 Å². The van der Waals surface area contributed by atoms with Crippen LogP contribution in [0.1, 0.15) is 23.6 Å². The number of benzene rings is 3. The van der Waals surface area contributed by atoms with Gasteiger partial charge in [-0.05, 0) is 89.7 Å². The maximum atomic E-state index is 13.1. The molecule has 10 nitrogen and oxygen atoms in total. The molecule has 0 atom stereocenters. The summed E-state index contributed by atoms with van der Waals surface area (Å²) in [7, 11) is 0. The highest BCUT2D eigenvalue weighted by atomic mass is 127. The van der Waals surface area contributed by atoms with Gasteiger partial charge in [-0.2, -0.15) is 0 Å². The van der Waals surface area contributed by atoms with E-state index in [4.69, 9.17) is 21.1 Å². The zero-order chi connectivity index (χ0) is 29.7. The van der Waals surface area contributed by atoms with Crippen LogP contribution >= 0.6 is 46.0 Å². The van der Waals surface area contributed by atoms with E-state index < -0.39 is 16.1 Å². The lowest BCUT2D eigenvalue weighted by atomic mass is 10.1. The fourth-order valence-corrected chi connectivity index (χ4v) is 5.66. The molecule has 1 fully saturated rings. The molecule has 13 heteroatoms. The summed E-state index contributed by atoms with van der Waals surface area (Å²) >= 11 is 8.91. The normalized spacial score (nSPS) is 14.0. The lowest BCUT2D eigenvalue weighted by Crippen LogP contribution is -2.27. The van der Waals surface area contributed by atoms with Crippen molar-refractivity contribution in [3.63, 3.8) is 0 Å². The van der Waals surface area contributed by atoms with Crippen LogP contribution in [-0.4, -0.2) is 40.1 Å². The number of hydrogen-bond donors (Lipinski definition) is 1. The van der Waals surface area contributed by atoms with E-state index in [9.17, 15) is 24.5 Å². The fraction of sp³-hybridized carbons (Fsp3) is 0.179. The molecule has 3 aromatic carbocycles. The third-order valence-electron chi connectivity index (χ3n) is 5.82. The predicted octanol–water partition coefficient (Wildman–Crippen LogP) is 6.81. The molecule has 1 aliphatic rings. The molecule has 0 aromatic heterocycles. The van der Waals surface area contributed by atoms with Crippen LogP contribution in [-0.2, 0) is 16.1 Å². The number of nitro groups is 1. The molecule has 3 aromatic rings. The van der Waals surface area contributed by atoms with Crippen molar-refractivity contribution in [1.29, 1.82) is 0 Å². The van der Waals surface area contributed by atoms with Crippen LogP contribution in [0.3, 0.4) is 0 Å². The SMILES string of the molecule is CCOc1cc(/C=C2\SC(=O)N(Cc3ccccc3[N+](=O)[O-])C2=O)cc(I)c1OCC(=O)Nc1ccc(C)c(Cl)c1. The average molecular weight is 708 g/mol. The Kier molecular flexibility index (Phi) is 9.89. The molecule has 212 valence electrons. The van der Waals surface area contributed by atoms with Crippen LogP contribution < -0.4 is 14.8 Å². The number of nitrogens with one attached hydrogen (secondary N) is 1. The lowest BCUT2D eigenvalue weighted by Gasteiger charge is -2.15. The Bertz CT molecular complexity index is 1580. The van der Waals surface area contributed by atoms with Gasteiger partial charge in [0.2, 0.25) is 0 Å². The van der Waals surface area contributed by atoms with Crippen LogP contribution in [0.5, 0.6) is 11.5 Å². The van der Waals surface area contributed by atoms with Gasteiger partial charge in [0.15, 0.2) is 18.1 Å². The molecule has 41 heavy (non-hydrogen) atoms. The number of ether oxygens (including phenoxy) is 2. The maximum absolute atomic E-state index is 13.1. The van der Waals surface area contributed by atoms with Crippen LogP contribution in [0.15, 0.2) is 59.5 Å². The number of carbonyl (C=O) groups excluding carboxylic acids is 3. The smallest absolute Gasteiger partial charge is 0.293 e. The summed E-state index contributed by atoms with van der Waals surface area (Å²) in [6.45, 7) is 3.47. The number of imide groups is 1. The van der Waals surface area contributed by atoms with Gasteiger partial charge >= 0.3 is 0 Å². The van der Waals surface area contributed by atoms with Crippen molar-refractivity contribution in [2.45, 2.75) is 20.4 Å². The molecule has 0 saturated carbocycles. The number of hydrogen-bond acceptors (Lipinski definition) is 8. The molecule has 4 rings (SSSR count). The third-order valence-corrected chi connectivity index (χ3v) is 7.94. The number of halogens is 2. The highest BCUT2D eigenvalue weighted by molar-refractivity contribution is 14.1. The topological polar surface area (TPSA) is 128 Å². The number of carbonyl (C=O) groups is 3. The van der Waals surface area contributed by atoms with Crippen LogP contribution in [0.2, 0.25) is 5.02 Å². The molecule has 1 N–H and O–H groups in total. The van der Waals surface area contributed by atoms with E-state index in [0.717, 1.165) is 22.2 Å². The monoisotopic (exact) mass is 707 g/mol. The molecule has 1 heterocycles. The highest BCUT2D eigenvalue weighted by Crippen LogP contribution is 2.38. The molecular formula is C28H23ClIN3O7S. The van der Waals surface area contributed by atoms with E-state index in [0.29, 0.717) is 37.9 Å². The summed E-state index contributed by atoms with van der Waals surface area (Å²) < 4.78 is 12.2. The summed E-state index contributed by atoms with van der Waals surface area (Å²) in [5.41, 5.74) is 2.09. The van der Waals surface area contributed by atoms with Crippen molar-refractivity contribution in [1.82, 2.24) is 4.90 Å². The molecule has 0 spiro atoms. The summed E-state index contributed by atoms with van der Waals surface area (Å²) in [4.78, 5) is 50.2.